The van der Waals surface area contributed by atoms with Gasteiger partial charge >= 0.3 is 0 Å². The molecule has 0 unspecified atom stereocenters. The molecule has 2 heterocycles. The summed E-state index contributed by atoms with van der Waals surface area (Å²) in [4.78, 5) is 12.5. The van der Waals surface area contributed by atoms with Crippen LogP contribution in [0.5, 0.6) is 0 Å². The Morgan fingerprint density at radius 1 is 1.26 bits per heavy atom. The monoisotopic (exact) mass is 317 g/mol. The summed E-state index contributed by atoms with van der Waals surface area (Å²) >= 11 is 0. The Kier molecular flexibility index (Phi) is 4.68. The SMILES string of the molecule is Cc1c([C@@H](NC(=O)[C@H]2COCCO2)C(C)C)oc2ccccc12. The van der Waals surface area contributed by atoms with Gasteiger partial charge in [0, 0.05) is 10.9 Å². The normalized spacial score (nSPS) is 19.9. The average molecular weight is 317 g/mol. The van der Waals surface area contributed by atoms with Crippen LogP contribution < -0.4 is 5.32 Å². The number of aryl methyl sites for hydroxylation is 1. The molecule has 0 radical (unpaired) electrons. The Bertz CT molecular complexity index is 685. The first-order chi connectivity index (χ1) is 11.1. The van der Waals surface area contributed by atoms with E-state index < -0.39 is 6.10 Å². The standard InChI is InChI=1S/C18H23NO4/c1-11(2)16(19-18(20)15-10-21-8-9-22-15)17-12(3)13-6-4-5-7-14(13)23-17/h4-7,11,15-16H,8-10H2,1-3H3,(H,19,20)/t15-,16+/m1/s1. The maximum Gasteiger partial charge on any atom is 0.252 e. The first kappa shape index (κ1) is 16.0. The largest absolute Gasteiger partial charge is 0.459 e. The number of amides is 1. The van der Waals surface area contributed by atoms with E-state index in [1.54, 1.807) is 0 Å². The maximum absolute atomic E-state index is 12.5. The average Bonchev–Trinajstić information content (AvgIpc) is 2.90. The first-order valence-corrected chi connectivity index (χ1v) is 8.05. The van der Waals surface area contributed by atoms with Crippen molar-refractivity contribution in [1.82, 2.24) is 5.32 Å². The highest BCUT2D eigenvalue weighted by atomic mass is 16.6. The third-order valence-electron chi connectivity index (χ3n) is 4.24. The van der Waals surface area contributed by atoms with Crippen LogP contribution in [0.25, 0.3) is 11.0 Å². The van der Waals surface area contributed by atoms with Gasteiger partial charge in [-0.05, 0) is 18.9 Å². The van der Waals surface area contributed by atoms with Crippen molar-refractivity contribution in [3.63, 3.8) is 0 Å². The van der Waals surface area contributed by atoms with Gasteiger partial charge in [0.15, 0.2) is 6.10 Å². The van der Waals surface area contributed by atoms with Crippen LogP contribution in [0.15, 0.2) is 28.7 Å². The third-order valence-corrected chi connectivity index (χ3v) is 4.24. The number of para-hydroxylation sites is 1. The fraction of sp³-hybridized carbons (Fsp3) is 0.500. The summed E-state index contributed by atoms with van der Waals surface area (Å²) in [6.45, 7) is 7.46. The van der Waals surface area contributed by atoms with E-state index in [1.165, 1.54) is 0 Å². The zero-order chi connectivity index (χ0) is 16.4. The minimum Gasteiger partial charge on any atom is -0.459 e. The van der Waals surface area contributed by atoms with Crippen LogP contribution in [0.2, 0.25) is 0 Å². The number of fused-ring (bicyclic) bond motifs is 1. The number of carbonyl (C=O) groups is 1. The molecular weight excluding hydrogens is 294 g/mol. The van der Waals surface area contributed by atoms with Gasteiger partial charge in [0.1, 0.15) is 11.3 Å². The highest BCUT2D eigenvalue weighted by molar-refractivity contribution is 5.84. The number of hydrogen-bond acceptors (Lipinski definition) is 4. The lowest BCUT2D eigenvalue weighted by Gasteiger charge is -2.26. The van der Waals surface area contributed by atoms with E-state index >= 15 is 0 Å². The Morgan fingerprint density at radius 2 is 2.04 bits per heavy atom. The summed E-state index contributed by atoms with van der Waals surface area (Å²) in [6, 6.07) is 7.73. The van der Waals surface area contributed by atoms with Crippen molar-refractivity contribution in [2.75, 3.05) is 19.8 Å². The minimum atomic E-state index is -0.547. The van der Waals surface area contributed by atoms with Gasteiger partial charge in [0.2, 0.25) is 0 Å². The summed E-state index contributed by atoms with van der Waals surface area (Å²) in [6.07, 6.45) is -0.547. The van der Waals surface area contributed by atoms with Crippen LogP contribution >= 0.6 is 0 Å². The van der Waals surface area contributed by atoms with E-state index in [-0.39, 0.29) is 17.9 Å². The Hall–Kier alpha value is -1.85. The Morgan fingerprint density at radius 3 is 2.70 bits per heavy atom. The van der Waals surface area contributed by atoms with Gasteiger partial charge in [0.25, 0.3) is 5.91 Å². The smallest absolute Gasteiger partial charge is 0.252 e. The second-order valence-electron chi connectivity index (χ2n) is 6.25. The molecule has 1 N–H and O–H groups in total. The van der Waals surface area contributed by atoms with Gasteiger partial charge in [0.05, 0.1) is 25.9 Å². The molecule has 0 aliphatic carbocycles. The van der Waals surface area contributed by atoms with E-state index in [0.29, 0.717) is 19.8 Å². The van der Waals surface area contributed by atoms with Crippen molar-refractivity contribution in [1.29, 1.82) is 0 Å². The van der Waals surface area contributed by atoms with Crippen LogP contribution in [0.4, 0.5) is 0 Å². The third kappa shape index (κ3) is 3.26. The molecular formula is C18H23NO4. The fourth-order valence-corrected chi connectivity index (χ4v) is 2.91. The number of nitrogens with one attached hydrogen (secondary N) is 1. The van der Waals surface area contributed by atoms with Crippen molar-refractivity contribution in [3.05, 3.63) is 35.6 Å². The zero-order valence-electron chi connectivity index (χ0n) is 13.8. The van der Waals surface area contributed by atoms with Crippen LogP contribution in [0.1, 0.15) is 31.2 Å². The molecule has 0 spiro atoms. The van der Waals surface area contributed by atoms with Crippen molar-refractivity contribution in [3.8, 4) is 0 Å². The second-order valence-corrected chi connectivity index (χ2v) is 6.25. The lowest BCUT2D eigenvalue weighted by molar-refractivity contribution is -0.148. The number of rotatable bonds is 4. The highest BCUT2D eigenvalue weighted by Gasteiger charge is 2.29. The topological polar surface area (TPSA) is 60.7 Å². The fourth-order valence-electron chi connectivity index (χ4n) is 2.91. The Labute approximate surface area is 135 Å². The zero-order valence-corrected chi connectivity index (χ0v) is 13.8. The molecule has 1 saturated heterocycles. The molecule has 1 aromatic carbocycles. The first-order valence-electron chi connectivity index (χ1n) is 8.05. The predicted octanol–water partition coefficient (Wildman–Crippen LogP) is 2.97. The summed E-state index contributed by atoms with van der Waals surface area (Å²) in [5.41, 5.74) is 1.91. The summed E-state index contributed by atoms with van der Waals surface area (Å²) in [5.74, 6) is 0.859. The molecule has 1 amide bonds. The molecule has 1 aliphatic rings. The molecule has 3 rings (SSSR count). The van der Waals surface area contributed by atoms with Gasteiger partial charge in [-0.25, -0.2) is 0 Å². The Balaban J connectivity index is 1.85. The van der Waals surface area contributed by atoms with E-state index in [4.69, 9.17) is 13.9 Å². The van der Waals surface area contributed by atoms with E-state index in [2.05, 4.69) is 19.2 Å². The van der Waals surface area contributed by atoms with Gasteiger partial charge in [-0.2, -0.15) is 0 Å². The van der Waals surface area contributed by atoms with Crippen molar-refractivity contribution in [2.24, 2.45) is 5.92 Å². The van der Waals surface area contributed by atoms with Crippen LogP contribution in [-0.4, -0.2) is 31.8 Å². The molecule has 5 nitrogen and oxygen atoms in total. The lowest BCUT2D eigenvalue weighted by Crippen LogP contribution is -2.45. The second kappa shape index (κ2) is 6.72. The highest BCUT2D eigenvalue weighted by Crippen LogP contribution is 2.32. The molecule has 1 aromatic heterocycles. The number of hydrogen-bond donors (Lipinski definition) is 1. The minimum absolute atomic E-state index is 0.150. The van der Waals surface area contributed by atoms with E-state index in [1.807, 2.05) is 31.2 Å². The maximum atomic E-state index is 12.5. The summed E-state index contributed by atoms with van der Waals surface area (Å²) in [5, 5.41) is 4.15. The van der Waals surface area contributed by atoms with Crippen LogP contribution in [0, 0.1) is 12.8 Å². The van der Waals surface area contributed by atoms with Crippen molar-refractivity contribution >= 4 is 16.9 Å². The van der Waals surface area contributed by atoms with Crippen molar-refractivity contribution in [2.45, 2.75) is 32.9 Å². The van der Waals surface area contributed by atoms with E-state index in [9.17, 15) is 4.79 Å². The number of furan rings is 1. The van der Waals surface area contributed by atoms with Gasteiger partial charge < -0.3 is 19.2 Å². The number of benzene rings is 1. The van der Waals surface area contributed by atoms with Gasteiger partial charge in [-0.3, -0.25) is 4.79 Å². The van der Waals surface area contributed by atoms with Crippen LogP contribution in [-0.2, 0) is 14.3 Å². The number of carbonyl (C=O) groups excluding carboxylic acids is 1. The van der Waals surface area contributed by atoms with E-state index in [0.717, 1.165) is 22.3 Å². The molecule has 0 bridgehead atoms. The summed E-state index contributed by atoms with van der Waals surface area (Å²) in [7, 11) is 0. The molecule has 2 aromatic rings. The summed E-state index contributed by atoms with van der Waals surface area (Å²) < 4.78 is 16.8. The lowest BCUT2D eigenvalue weighted by atomic mass is 9.98. The molecule has 2 atom stereocenters. The quantitative estimate of drug-likeness (QED) is 0.942. The molecule has 124 valence electrons. The van der Waals surface area contributed by atoms with Crippen molar-refractivity contribution < 1.29 is 18.7 Å². The molecule has 1 fully saturated rings. The number of ether oxygens (including phenoxy) is 2. The van der Waals surface area contributed by atoms with Gasteiger partial charge in [-0.1, -0.05) is 32.0 Å². The van der Waals surface area contributed by atoms with Crippen LogP contribution in [0.3, 0.4) is 0 Å². The van der Waals surface area contributed by atoms with Gasteiger partial charge in [-0.15, -0.1) is 0 Å². The molecule has 5 heteroatoms. The molecule has 0 saturated carbocycles. The molecule has 23 heavy (non-hydrogen) atoms. The predicted molar refractivity (Wildman–Crippen MR) is 87.2 cm³/mol. The molecule has 1 aliphatic heterocycles.